The predicted molar refractivity (Wildman–Crippen MR) is 97.9 cm³/mol. The van der Waals surface area contributed by atoms with Crippen LogP contribution in [-0.2, 0) is 11.2 Å². The van der Waals surface area contributed by atoms with E-state index in [1.165, 1.54) is 0 Å². The molecule has 0 saturated heterocycles. The van der Waals surface area contributed by atoms with Gasteiger partial charge in [-0.1, -0.05) is 30.3 Å². The zero-order valence-electron chi connectivity index (χ0n) is 14.2. The third kappa shape index (κ3) is 2.52. The smallest absolute Gasteiger partial charge is 0.258 e. The maximum absolute atomic E-state index is 13.0. The zero-order valence-corrected chi connectivity index (χ0v) is 14.2. The van der Waals surface area contributed by atoms with Gasteiger partial charge in [0.05, 0.1) is 16.8 Å². The van der Waals surface area contributed by atoms with Crippen LogP contribution in [0.4, 0.5) is 5.69 Å². The normalized spacial score (nSPS) is 16.7. The van der Waals surface area contributed by atoms with Gasteiger partial charge in [-0.15, -0.1) is 0 Å². The molecule has 25 heavy (non-hydrogen) atoms. The molecule has 1 amide bonds. The Balaban J connectivity index is 1.76. The number of nitrogens with zero attached hydrogens (tertiary/aromatic N) is 2. The first-order valence-electron chi connectivity index (χ1n) is 8.46. The average Bonchev–Trinajstić information content (AvgIpc) is 2.87. The van der Waals surface area contributed by atoms with Crippen LogP contribution >= 0.6 is 0 Å². The van der Waals surface area contributed by atoms with Gasteiger partial charge in [-0.2, -0.15) is 0 Å². The highest BCUT2D eigenvalue weighted by Gasteiger charge is 2.38. The van der Waals surface area contributed by atoms with Gasteiger partial charge < -0.3 is 9.88 Å². The minimum Gasteiger partial charge on any atom is -0.310 e. The third-order valence-electron chi connectivity index (χ3n) is 4.68. The van der Waals surface area contributed by atoms with Gasteiger partial charge in [0.2, 0.25) is 5.91 Å². The summed E-state index contributed by atoms with van der Waals surface area (Å²) in [4.78, 5) is 34.5. The van der Waals surface area contributed by atoms with Crippen LogP contribution in [0.5, 0.6) is 0 Å². The second kappa shape index (κ2) is 5.84. The number of fused-ring (bicyclic) bond motifs is 2. The summed E-state index contributed by atoms with van der Waals surface area (Å²) in [6.45, 7) is 4.01. The Hall–Kier alpha value is -2.95. The molecule has 1 aliphatic heterocycles. The minimum absolute atomic E-state index is 0.0620. The fraction of sp³-hybridized carbons (Fsp3) is 0.250. The fourth-order valence-corrected chi connectivity index (χ4v) is 3.58. The Morgan fingerprint density at radius 2 is 1.80 bits per heavy atom. The zero-order chi connectivity index (χ0) is 17.6. The molecule has 2 aromatic carbocycles. The molecule has 0 radical (unpaired) electrons. The molecule has 0 aliphatic carbocycles. The van der Waals surface area contributed by atoms with E-state index in [2.05, 4.69) is 9.97 Å². The van der Waals surface area contributed by atoms with Crippen molar-refractivity contribution in [2.75, 3.05) is 4.90 Å². The van der Waals surface area contributed by atoms with Crippen molar-refractivity contribution >= 4 is 22.5 Å². The molecule has 0 bridgehead atoms. The van der Waals surface area contributed by atoms with E-state index >= 15 is 0 Å². The van der Waals surface area contributed by atoms with Crippen molar-refractivity contribution in [2.45, 2.75) is 32.2 Å². The summed E-state index contributed by atoms with van der Waals surface area (Å²) in [5.74, 6) is 0.289. The van der Waals surface area contributed by atoms with Gasteiger partial charge in [0.25, 0.3) is 5.56 Å². The number of carbonyl (C=O) groups is 1. The Labute approximate surface area is 145 Å². The lowest BCUT2D eigenvalue weighted by Gasteiger charge is -2.22. The van der Waals surface area contributed by atoms with Crippen LogP contribution in [0.25, 0.3) is 10.9 Å². The van der Waals surface area contributed by atoms with E-state index < -0.39 is 0 Å². The number of hydrogen-bond acceptors (Lipinski definition) is 3. The highest BCUT2D eigenvalue weighted by molar-refractivity contribution is 6.05. The van der Waals surface area contributed by atoms with Gasteiger partial charge in [0, 0.05) is 18.2 Å². The first-order valence-corrected chi connectivity index (χ1v) is 8.46. The van der Waals surface area contributed by atoms with E-state index in [9.17, 15) is 9.59 Å². The summed E-state index contributed by atoms with van der Waals surface area (Å²) in [6.07, 6.45) is 0.388. The summed E-state index contributed by atoms with van der Waals surface area (Å²) in [5.41, 5.74) is 2.44. The first kappa shape index (κ1) is 15.6. The Morgan fingerprint density at radius 3 is 2.60 bits per heavy atom. The standard InChI is InChI=1S/C20H19N3O2/c1-12(2)23-17-10-6-4-7-13(17)15(20(23)25)11-18-21-16-9-5-3-8-14(16)19(24)22-18/h3-10,12,15H,11H2,1-2H3,(H,21,22,24)/t15-/m1/s1. The van der Waals surface area contributed by atoms with Crippen LogP contribution in [0.3, 0.4) is 0 Å². The van der Waals surface area contributed by atoms with Crippen molar-refractivity contribution in [3.05, 3.63) is 70.3 Å². The number of amides is 1. The topological polar surface area (TPSA) is 66.1 Å². The molecule has 2 heterocycles. The maximum Gasteiger partial charge on any atom is 0.258 e. The number of nitrogens with one attached hydrogen (secondary N) is 1. The van der Waals surface area contributed by atoms with E-state index in [4.69, 9.17) is 0 Å². The van der Waals surface area contributed by atoms with Crippen LogP contribution in [0.1, 0.15) is 31.2 Å². The molecule has 1 aliphatic rings. The quantitative estimate of drug-likeness (QED) is 0.801. The molecule has 3 aromatic rings. The number of aromatic nitrogens is 2. The molecule has 126 valence electrons. The van der Waals surface area contributed by atoms with E-state index in [0.717, 1.165) is 11.3 Å². The molecule has 1 N–H and O–H groups in total. The molecule has 5 heteroatoms. The van der Waals surface area contributed by atoms with E-state index in [-0.39, 0.29) is 23.4 Å². The summed E-state index contributed by atoms with van der Waals surface area (Å²) < 4.78 is 0. The number of rotatable bonds is 3. The lowest BCUT2D eigenvalue weighted by molar-refractivity contribution is -0.119. The maximum atomic E-state index is 13.0. The van der Waals surface area contributed by atoms with Gasteiger partial charge in [-0.25, -0.2) is 4.98 Å². The number of anilines is 1. The van der Waals surface area contributed by atoms with Crippen LogP contribution in [0.2, 0.25) is 0 Å². The highest BCUT2D eigenvalue weighted by Crippen LogP contribution is 2.39. The average molecular weight is 333 g/mol. The lowest BCUT2D eigenvalue weighted by Crippen LogP contribution is -2.35. The van der Waals surface area contributed by atoms with Crippen molar-refractivity contribution < 1.29 is 4.79 Å². The van der Waals surface area contributed by atoms with Crippen molar-refractivity contribution in [3.8, 4) is 0 Å². The monoisotopic (exact) mass is 333 g/mol. The van der Waals surface area contributed by atoms with Crippen LogP contribution in [0.15, 0.2) is 53.3 Å². The molecule has 5 nitrogen and oxygen atoms in total. The molecule has 4 rings (SSSR count). The van der Waals surface area contributed by atoms with Gasteiger partial charge >= 0.3 is 0 Å². The van der Waals surface area contributed by atoms with E-state index in [0.29, 0.717) is 23.1 Å². The van der Waals surface area contributed by atoms with Gasteiger partial charge in [-0.05, 0) is 37.6 Å². The Bertz CT molecular complexity index is 1020. The Kier molecular flexibility index (Phi) is 3.64. The Morgan fingerprint density at radius 1 is 1.08 bits per heavy atom. The summed E-state index contributed by atoms with van der Waals surface area (Å²) in [7, 11) is 0. The van der Waals surface area contributed by atoms with Gasteiger partial charge in [0.1, 0.15) is 5.82 Å². The predicted octanol–water partition coefficient (Wildman–Crippen LogP) is 3.00. The summed E-state index contributed by atoms with van der Waals surface area (Å²) >= 11 is 0. The van der Waals surface area contributed by atoms with Crippen molar-refractivity contribution in [1.29, 1.82) is 0 Å². The lowest BCUT2D eigenvalue weighted by atomic mass is 9.97. The molecule has 0 saturated carbocycles. The SMILES string of the molecule is CC(C)N1C(=O)[C@H](Cc2nc3ccccc3c(=O)[nH]2)c2ccccc21. The second-order valence-electron chi connectivity index (χ2n) is 6.65. The van der Waals surface area contributed by atoms with Crippen LogP contribution < -0.4 is 10.5 Å². The molecular formula is C20H19N3O2. The molecule has 1 atom stereocenters. The first-order chi connectivity index (χ1) is 12.1. The third-order valence-corrected chi connectivity index (χ3v) is 4.68. The van der Waals surface area contributed by atoms with E-state index in [1.807, 2.05) is 61.2 Å². The summed E-state index contributed by atoms with van der Waals surface area (Å²) in [6, 6.07) is 15.2. The number of hydrogen-bond donors (Lipinski definition) is 1. The molecule has 0 fully saturated rings. The molecule has 0 unspecified atom stereocenters. The number of aromatic amines is 1. The largest absolute Gasteiger partial charge is 0.310 e. The highest BCUT2D eigenvalue weighted by atomic mass is 16.2. The van der Waals surface area contributed by atoms with Crippen LogP contribution in [0, 0.1) is 0 Å². The molecule has 1 aromatic heterocycles. The fourth-order valence-electron chi connectivity index (χ4n) is 3.58. The van der Waals surface area contributed by atoms with Crippen molar-refractivity contribution in [1.82, 2.24) is 9.97 Å². The number of H-pyrrole nitrogens is 1. The van der Waals surface area contributed by atoms with Crippen molar-refractivity contribution in [3.63, 3.8) is 0 Å². The van der Waals surface area contributed by atoms with E-state index in [1.54, 1.807) is 6.07 Å². The number of para-hydroxylation sites is 2. The number of benzene rings is 2. The minimum atomic E-state index is -0.317. The van der Waals surface area contributed by atoms with Gasteiger partial charge in [-0.3, -0.25) is 9.59 Å². The molecule has 0 spiro atoms. The second-order valence-corrected chi connectivity index (χ2v) is 6.65. The van der Waals surface area contributed by atoms with Crippen LogP contribution in [-0.4, -0.2) is 21.9 Å². The summed E-state index contributed by atoms with van der Waals surface area (Å²) in [5, 5.41) is 0.563. The van der Waals surface area contributed by atoms with Gasteiger partial charge in [0.15, 0.2) is 0 Å². The number of carbonyl (C=O) groups excluding carboxylic acids is 1. The van der Waals surface area contributed by atoms with Crippen molar-refractivity contribution in [2.24, 2.45) is 0 Å². The molecular weight excluding hydrogens is 314 g/mol.